The molecule has 0 fully saturated rings. The normalized spacial score (nSPS) is 13.1. The number of nitrogens with zero attached hydrogens (tertiary/aromatic N) is 4. The van der Waals surface area contributed by atoms with Crippen LogP contribution in [0.3, 0.4) is 0 Å². The Labute approximate surface area is 537 Å². The molecule has 0 spiro atoms. The molecule has 0 saturated carbocycles. The molecule has 0 amide bonds. The lowest BCUT2D eigenvalue weighted by molar-refractivity contribution is 0.589. The van der Waals surface area contributed by atoms with E-state index in [9.17, 15) is 0 Å². The molecule has 2 aliphatic heterocycles. The SMILES string of the molecule is Cc1cc2c3c(c1)N(c1cc(C)c(-c4oc5ccccc5c4-c4ccccc4)c(C)c1)c1cc(C(C)(C)C)ccc1B3c1ccc(N(c3ccc4c5ccccc5n(-c5ccccc5)c4c3)c3c(C)cc(C(C)(C)C)cc3C)cc1N2c1ccc(C(C)(C)C)cc1. The van der Waals surface area contributed by atoms with E-state index >= 15 is 0 Å². The third-order valence-corrected chi connectivity index (χ3v) is 19.5. The van der Waals surface area contributed by atoms with Gasteiger partial charge in [-0.15, -0.1) is 0 Å². The van der Waals surface area contributed by atoms with Crippen molar-refractivity contribution in [2.24, 2.45) is 0 Å². The van der Waals surface area contributed by atoms with Crippen LogP contribution in [-0.4, -0.2) is 11.3 Å². The number of anilines is 9. The van der Waals surface area contributed by atoms with Gasteiger partial charge in [0, 0.05) is 78.5 Å². The van der Waals surface area contributed by atoms with Gasteiger partial charge in [0.05, 0.1) is 16.7 Å². The fraction of sp³-hybridized carbons (Fsp3) is 0.200. The Bertz CT molecular complexity index is 5020. The molecule has 0 atom stereocenters. The Balaban J connectivity index is 0.978. The van der Waals surface area contributed by atoms with Crippen molar-refractivity contribution in [2.75, 3.05) is 14.7 Å². The Morgan fingerprint density at radius 3 is 1.55 bits per heavy atom. The quantitative estimate of drug-likeness (QED) is 0.142. The molecule has 0 bridgehead atoms. The van der Waals surface area contributed by atoms with Gasteiger partial charge >= 0.3 is 0 Å². The first-order chi connectivity index (χ1) is 43.6. The zero-order chi connectivity index (χ0) is 63.2. The molecule has 2 aliphatic rings. The number of furan rings is 1. The van der Waals surface area contributed by atoms with Crippen LogP contribution in [-0.2, 0) is 16.2 Å². The maximum atomic E-state index is 6.96. The fourth-order valence-electron chi connectivity index (χ4n) is 15.0. The average molecular weight is 1180 g/mol. The highest BCUT2D eigenvalue weighted by molar-refractivity contribution is 7.00. The zero-order valence-corrected chi connectivity index (χ0v) is 55.1. The molecule has 11 aromatic carbocycles. The molecule has 448 valence electrons. The Kier molecular flexibility index (Phi) is 13.4. The van der Waals surface area contributed by atoms with Crippen molar-refractivity contribution in [3.8, 4) is 28.1 Å². The van der Waals surface area contributed by atoms with Gasteiger partial charge in [-0.3, -0.25) is 0 Å². The van der Waals surface area contributed by atoms with Crippen LogP contribution in [0.1, 0.15) is 107 Å². The second kappa shape index (κ2) is 21.2. The molecule has 0 radical (unpaired) electrons. The second-order valence-electron chi connectivity index (χ2n) is 28.9. The summed E-state index contributed by atoms with van der Waals surface area (Å²) in [6.07, 6.45) is 0. The van der Waals surface area contributed by atoms with Crippen LogP contribution < -0.4 is 31.1 Å². The zero-order valence-electron chi connectivity index (χ0n) is 55.1. The predicted octanol–water partition coefficient (Wildman–Crippen LogP) is 21.9. The summed E-state index contributed by atoms with van der Waals surface area (Å²) in [5.74, 6) is 0.904. The molecular weight excluding hydrogens is 1100 g/mol. The number of hydrogen-bond donors (Lipinski definition) is 0. The highest BCUT2D eigenvalue weighted by Crippen LogP contribution is 2.51. The van der Waals surface area contributed by atoms with Gasteiger partial charge in [-0.05, 0) is 208 Å². The first-order valence-corrected chi connectivity index (χ1v) is 32.4. The topological polar surface area (TPSA) is 27.8 Å². The predicted molar refractivity (Wildman–Crippen MR) is 390 cm³/mol. The number of benzene rings is 11. The van der Waals surface area contributed by atoms with Gasteiger partial charge in [0.15, 0.2) is 0 Å². The van der Waals surface area contributed by atoms with E-state index in [0.717, 1.165) is 84.2 Å². The van der Waals surface area contributed by atoms with Gasteiger partial charge in [0.1, 0.15) is 11.3 Å². The van der Waals surface area contributed by atoms with Gasteiger partial charge < -0.3 is 23.7 Å². The summed E-state index contributed by atoms with van der Waals surface area (Å²) >= 11 is 0. The van der Waals surface area contributed by atoms with Crippen molar-refractivity contribution in [3.63, 3.8) is 0 Å². The monoisotopic (exact) mass is 1180 g/mol. The summed E-state index contributed by atoms with van der Waals surface area (Å²) in [5.41, 5.74) is 31.7. The van der Waals surface area contributed by atoms with Gasteiger partial charge in [-0.1, -0.05) is 196 Å². The van der Waals surface area contributed by atoms with Crippen LogP contribution >= 0.6 is 0 Å². The van der Waals surface area contributed by atoms with E-state index in [1.54, 1.807) is 0 Å². The summed E-state index contributed by atoms with van der Waals surface area (Å²) in [6.45, 7) is 32.2. The first-order valence-electron chi connectivity index (χ1n) is 32.4. The standard InChI is InChI=1S/C85H79BN4O/c1-52-43-75-80-76(44-52)90(65-47-53(2)78(54(3)48-65)82-79(57-25-17-15-18-26-57)68-30-22-24-32-77(68)91-82)73-49-59(84(9,10)11)35-41-69(73)86(80)70-42-39-64(51-74(70)89(75)62-36-33-58(34-37-62)83(6,7)8)87(81-55(4)45-60(46-56(81)5)85(12,13)14)63-38-40-67-66-29-21-23-31-71(66)88(72(67)50-63)61-27-19-16-20-28-61/h15-51H,1-14H3. The van der Waals surface area contributed by atoms with Gasteiger partial charge in [0.2, 0.25) is 0 Å². The maximum Gasteiger partial charge on any atom is 0.252 e. The minimum absolute atomic E-state index is 0.0272. The summed E-state index contributed by atoms with van der Waals surface area (Å²) in [7, 11) is 0. The van der Waals surface area contributed by atoms with Crippen molar-refractivity contribution in [1.29, 1.82) is 0 Å². The fourth-order valence-corrected chi connectivity index (χ4v) is 15.0. The van der Waals surface area contributed by atoms with Crippen LogP contribution in [0.2, 0.25) is 0 Å². The second-order valence-corrected chi connectivity index (χ2v) is 28.9. The van der Waals surface area contributed by atoms with E-state index in [4.69, 9.17) is 4.42 Å². The van der Waals surface area contributed by atoms with Crippen molar-refractivity contribution >= 4 is 107 Å². The molecular formula is C85H79BN4O. The number of para-hydroxylation sites is 3. The van der Waals surface area contributed by atoms with Gasteiger partial charge in [0.25, 0.3) is 6.71 Å². The van der Waals surface area contributed by atoms with E-state index in [-0.39, 0.29) is 23.0 Å². The molecule has 0 aliphatic carbocycles. The van der Waals surface area contributed by atoms with Crippen molar-refractivity contribution in [1.82, 2.24) is 4.57 Å². The number of aryl methyl sites for hydroxylation is 5. The largest absolute Gasteiger partial charge is 0.455 e. The highest BCUT2D eigenvalue weighted by atomic mass is 16.3. The van der Waals surface area contributed by atoms with Crippen LogP contribution in [0.15, 0.2) is 229 Å². The molecule has 6 heteroatoms. The lowest BCUT2D eigenvalue weighted by atomic mass is 9.33. The van der Waals surface area contributed by atoms with Crippen LogP contribution in [0.25, 0.3) is 60.9 Å². The van der Waals surface area contributed by atoms with Gasteiger partial charge in [-0.2, -0.15) is 0 Å². The third kappa shape index (κ3) is 9.51. The smallest absolute Gasteiger partial charge is 0.252 e. The van der Waals surface area contributed by atoms with Crippen molar-refractivity contribution in [3.05, 3.63) is 269 Å². The molecule has 4 heterocycles. The average Bonchev–Trinajstić information content (AvgIpc) is 1.45. The Hall–Kier alpha value is -9.78. The number of aromatic nitrogens is 1. The Morgan fingerprint density at radius 1 is 0.374 bits per heavy atom. The van der Waals surface area contributed by atoms with E-state index in [1.165, 1.54) is 88.8 Å². The minimum Gasteiger partial charge on any atom is -0.455 e. The molecule has 13 aromatic rings. The number of rotatable bonds is 8. The first kappa shape index (κ1) is 57.7. The number of fused-ring (bicyclic) bond motifs is 8. The molecule has 5 nitrogen and oxygen atoms in total. The Morgan fingerprint density at radius 2 is 0.901 bits per heavy atom. The maximum absolute atomic E-state index is 6.96. The minimum atomic E-state index is -0.109. The van der Waals surface area contributed by atoms with E-state index in [1.807, 2.05) is 0 Å². The molecule has 15 rings (SSSR count). The lowest BCUT2D eigenvalue weighted by Crippen LogP contribution is -2.61. The van der Waals surface area contributed by atoms with Crippen molar-refractivity contribution < 1.29 is 4.42 Å². The highest BCUT2D eigenvalue weighted by Gasteiger charge is 2.45. The number of hydrogen-bond acceptors (Lipinski definition) is 4. The summed E-state index contributed by atoms with van der Waals surface area (Å²) in [4.78, 5) is 7.73. The molecule has 91 heavy (non-hydrogen) atoms. The summed E-state index contributed by atoms with van der Waals surface area (Å²) in [6, 6.07) is 84.7. The van der Waals surface area contributed by atoms with Crippen LogP contribution in [0, 0.1) is 34.6 Å². The lowest BCUT2D eigenvalue weighted by Gasteiger charge is -2.45. The van der Waals surface area contributed by atoms with E-state index < -0.39 is 0 Å². The molecule has 0 unspecified atom stereocenters. The van der Waals surface area contributed by atoms with E-state index in [0.29, 0.717) is 0 Å². The van der Waals surface area contributed by atoms with E-state index in [2.05, 4.69) is 341 Å². The molecule has 0 saturated heterocycles. The molecule has 0 N–H and O–H groups in total. The third-order valence-electron chi connectivity index (χ3n) is 19.5. The van der Waals surface area contributed by atoms with Crippen molar-refractivity contribution in [2.45, 2.75) is 113 Å². The van der Waals surface area contributed by atoms with Gasteiger partial charge in [-0.25, -0.2) is 0 Å². The molecule has 2 aromatic heterocycles. The van der Waals surface area contributed by atoms with Crippen LogP contribution in [0.5, 0.6) is 0 Å². The summed E-state index contributed by atoms with van der Waals surface area (Å²) < 4.78 is 9.40. The summed E-state index contributed by atoms with van der Waals surface area (Å²) in [5, 5.41) is 3.58. The van der Waals surface area contributed by atoms with Crippen LogP contribution in [0.4, 0.5) is 51.2 Å².